The molecule has 1 heterocycles. The fourth-order valence-corrected chi connectivity index (χ4v) is 3.12. The Hall–Kier alpha value is -0.340. The summed E-state index contributed by atoms with van der Waals surface area (Å²) in [5, 5.41) is 5.73. The van der Waals surface area contributed by atoms with E-state index in [9.17, 15) is 0 Å². The molecule has 0 spiro atoms. The van der Waals surface area contributed by atoms with Gasteiger partial charge in [0.2, 0.25) is 0 Å². The number of thiophene rings is 1. The second kappa shape index (κ2) is 7.08. The van der Waals surface area contributed by atoms with Gasteiger partial charge in [0.1, 0.15) is 0 Å². The van der Waals surface area contributed by atoms with Crippen molar-refractivity contribution in [2.75, 3.05) is 6.54 Å². The summed E-state index contributed by atoms with van der Waals surface area (Å²) in [5.74, 6) is 1.54. The van der Waals surface area contributed by atoms with Gasteiger partial charge in [-0.1, -0.05) is 26.8 Å². The molecular formula is C14H25NS. The Balaban J connectivity index is 2.45. The first-order valence-electron chi connectivity index (χ1n) is 6.41. The van der Waals surface area contributed by atoms with Gasteiger partial charge in [0.25, 0.3) is 0 Å². The standard InChI is InChI=1S/C14H25NS/c1-5-15-12(4)14(11(2)3)9-8-13-7-6-10-16-13/h6-7,10-12,14-15H,5,8-9H2,1-4H3. The lowest BCUT2D eigenvalue weighted by atomic mass is 9.85. The van der Waals surface area contributed by atoms with Crippen LogP contribution in [0.4, 0.5) is 0 Å². The summed E-state index contributed by atoms with van der Waals surface area (Å²) in [6.07, 6.45) is 2.53. The highest BCUT2D eigenvalue weighted by atomic mass is 32.1. The molecule has 92 valence electrons. The number of hydrogen-bond acceptors (Lipinski definition) is 2. The summed E-state index contributed by atoms with van der Waals surface area (Å²) in [5.41, 5.74) is 0. The van der Waals surface area contributed by atoms with Crippen LogP contribution < -0.4 is 5.32 Å². The maximum atomic E-state index is 3.56. The van der Waals surface area contributed by atoms with E-state index in [2.05, 4.69) is 50.5 Å². The highest BCUT2D eigenvalue weighted by Gasteiger charge is 2.19. The van der Waals surface area contributed by atoms with Gasteiger partial charge in [-0.15, -0.1) is 11.3 Å². The Bertz CT molecular complexity index is 266. The number of aryl methyl sites for hydroxylation is 1. The number of rotatable bonds is 7. The minimum absolute atomic E-state index is 0.630. The van der Waals surface area contributed by atoms with Crippen LogP contribution in [0.25, 0.3) is 0 Å². The lowest BCUT2D eigenvalue weighted by molar-refractivity contribution is 0.277. The summed E-state index contributed by atoms with van der Waals surface area (Å²) in [7, 11) is 0. The average Bonchev–Trinajstić information content (AvgIpc) is 2.70. The van der Waals surface area contributed by atoms with Crippen LogP contribution in [0, 0.1) is 11.8 Å². The molecule has 1 aromatic rings. The maximum Gasteiger partial charge on any atom is 0.00694 e. The van der Waals surface area contributed by atoms with Gasteiger partial charge < -0.3 is 5.32 Å². The van der Waals surface area contributed by atoms with E-state index in [0.29, 0.717) is 6.04 Å². The van der Waals surface area contributed by atoms with E-state index in [1.54, 1.807) is 0 Å². The average molecular weight is 239 g/mol. The third kappa shape index (κ3) is 4.26. The van der Waals surface area contributed by atoms with Gasteiger partial charge in [-0.2, -0.15) is 0 Å². The molecule has 1 rings (SSSR count). The molecule has 1 nitrogen and oxygen atoms in total. The van der Waals surface area contributed by atoms with Gasteiger partial charge in [-0.05, 0) is 49.6 Å². The molecule has 0 fully saturated rings. The number of nitrogens with one attached hydrogen (secondary N) is 1. The van der Waals surface area contributed by atoms with Crippen molar-refractivity contribution in [3.05, 3.63) is 22.4 Å². The molecule has 0 aromatic carbocycles. The smallest absolute Gasteiger partial charge is 0.00694 e. The summed E-state index contributed by atoms with van der Waals surface area (Å²) < 4.78 is 0. The van der Waals surface area contributed by atoms with E-state index >= 15 is 0 Å². The largest absolute Gasteiger partial charge is 0.314 e. The fraction of sp³-hybridized carbons (Fsp3) is 0.714. The Labute approximate surface area is 104 Å². The Morgan fingerprint density at radius 2 is 2.06 bits per heavy atom. The normalized spacial score (nSPS) is 15.3. The molecule has 16 heavy (non-hydrogen) atoms. The zero-order valence-electron chi connectivity index (χ0n) is 11.0. The van der Waals surface area contributed by atoms with Crippen molar-refractivity contribution in [3.63, 3.8) is 0 Å². The van der Waals surface area contributed by atoms with Crippen LogP contribution in [-0.4, -0.2) is 12.6 Å². The molecule has 0 aliphatic rings. The quantitative estimate of drug-likeness (QED) is 0.759. The van der Waals surface area contributed by atoms with Crippen LogP contribution >= 0.6 is 11.3 Å². The van der Waals surface area contributed by atoms with Crippen molar-refractivity contribution in [2.24, 2.45) is 11.8 Å². The third-order valence-electron chi connectivity index (χ3n) is 3.33. The third-order valence-corrected chi connectivity index (χ3v) is 4.26. The molecule has 0 saturated heterocycles. The zero-order chi connectivity index (χ0) is 12.0. The van der Waals surface area contributed by atoms with Crippen molar-refractivity contribution in [3.8, 4) is 0 Å². The topological polar surface area (TPSA) is 12.0 Å². The molecule has 0 saturated carbocycles. The second-order valence-electron chi connectivity index (χ2n) is 4.87. The predicted molar refractivity (Wildman–Crippen MR) is 74.1 cm³/mol. The van der Waals surface area contributed by atoms with Crippen LogP contribution in [0.3, 0.4) is 0 Å². The molecule has 2 atom stereocenters. The van der Waals surface area contributed by atoms with Crippen LogP contribution in [0.5, 0.6) is 0 Å². The Morgan fingerprint density at radius 1 is 1.31 bits per heavy atom. The second-order valence-corrected chi connectivity index (χ2v) is 5.90. The minimum Gasteiger partial charge on any atom is -0.314 e. The van der Waals surface area contributed by atoms with E-state index in [1.165, 1.54) is 17.7 Å². The fourth-order valence-electron chi connectivity index (χ4n) is 2.40. The summed E-state index contributed by atoms with van der Waals surface area (Å²) in [6.45, 7) is 10.3. The molecular weight excluding hydrogens is 214 g/mol. The van der Waals surface area contributed by atoms with Gasteiger partial charge in [-0.25, -0.2) is 0 Å². The lowest BCUT2D eigenvalue weighted by Crippen LogP contribution is -2.36. The van der Waals surface area contributed by atoms with Crippen molar-refractivity contribution < 1.29 is 0 Å². The Kier molecular flexibility index (Phi) is 6.07. The first kappa shape index (κ1) is 13.7. The summed E-state index contributed by atoms with van der Waals surface area (Å²) in [4.78, 5) is 1.52. The number of hydrogen-bond donors (Lipinski definition) is 1. The predicted octanol–water partition coefficient (Wildman–Crippen LogP) is 3.95. The van der Waals surface area contributed by atoms with Gasteiger partial charge in [0.05, 0.1) is 0 Å². The van der Waals surface area contributed by atoms with Gasteiger partial charge >= 0.3 is 0 Å². The van der Waals surface area contributed by atoms with Crippen LogP contribution in [-0.2, 0) is 6.42 Å². The molecule has 2 unspecified atom stereocenters. The summed E-state index contributed by atoms with van der Waals surface area (Å²) in [6, 6.07) is 5.03. The highest BCUT2D eigenvalue weighted by Crippen LogP contribution is 2.23. The summed E-state index contributed by atoms with van der Waals surface area (Å²) >= 11 is 1.88. The molecule has 0 aliphatic heterocycles. The van der Waals surface area contributed by atoms with E-state index in [-0.39, 0.29) is 0 Å². The molecule has 0 amide bonds. The van der Waals surface area contributed by atoms with Crippen molar-refractivity contribution >= 4 is 11.3 Å². The van der Waals surface area contributed by atoms with E-state index in [1.807, 2.05) is 11.3 Å². The maximum absolute atomic E-state index is 3.56. The van der Waals surface area contributed by atoms with Gasteiger partial charge in [-0.3, -0.25) is 0 Å². The van der Waals surface area contributed by atoms with Crippen LogP contribution in [0.15, 0.2) is 17.5 Å². The van der Waals surface area contributed by atoms with Gasteiger partial charge in [0.15, 0.2) is 0 Å². The monoisotopic (exact) mass is 239 g/mol. The molecule has 0 bridgehead atoms. The van der Waals surface area contributed by atoms with E-state index in [4.69, 9.17) is 0 Å². The van der Waals surface area contributed by atoms with E-state index < -0.39 is 0 Å². The highest BCUT2D eigenvalue weighted by molar-refractivity contribution is 7.09. The minimum atomic E-state index is 0.630. The molecule has 1 aromatic heterocycles. The molecule has 0 radical (unpaired) electrons. The van der Waals surface area contributed by atoms with Gasteiger partial charge in [0, 0.05) is 10.9 Å². The first-order chi connectivity index (χ1) is 7.65. The van der Waals surface area contributed by atoms with Crippen LogP contribution in [0.1, 0.15) is 39.0 Å². The Morgan fingerprint density at radius 3 is 2.56 bits per heavy atom. The van der Waals surface area contributed by atoms with E-state index in [0.717, 1.165) is 18.4 Å². The van der Waals surface area contributed by atoms with Crippen LogP contribution in [0.2, 0.25) is 0 Å². The van der Waals surface area contributed by atoms with Crippen molar-refractivity contribution in [1.29, 1.82) is 0 Å². The SMILES string of the molecule is CCNC(C)C(CCc1cccs1)C(C)C. The van der Waals surface area contributed by atoms with Crippen molar-refractivity contribution in [2.45, 2.75) is 46.6 Å². The van der Waals surface area contributed by atoms with Crippen molar-refractivity contribution in [1.82, 2.24) is 5.32 Å². The molecule has 2 heteroatoms. The molecule has 0 aliphatic carbocycles. The zero-order valence-corrected chi connectivity index (χ0v) is 11.8. The molecule has 1 N–H and O–H groups in total. The first-order valence-corrected chi connectivity index (χ1v) is 7.28. The lowest BCUT2D eigenvalue weighted by Gasteiger charge is -2.28.